The number of hydrogen-bond donors (Lipinski definition) is 3. The van der Waals surface area contributed by atoms with Crippen molar-refractivity contribution >= 4 is 17.9 Å². The predicted molar refractivity (Wildman–Crippen MR) is 97.7 cm³/mol. The van der Waals surface area contributed by atoms with Gasteiger partial charge < -0.3 is 15.5 Å². The van der Waals surface area contributed by atoms with Crippen LogP contribution in [0, 0.1) is 5.92 Å². The Morgan fingerprint density at radius 2 is 2.14 bits per heavy atom. The molecular weight excluding hydrogens is 372 g/mol. The minimum Gasteiger partial charge on any atom is -0.357 e. The van der Waals surface area contributed by atoms with Gasteiger partial charge in [0.25, 0.3) is 5.91 Å². The number of nitrogens with zero attached hydrogens (tertiary/aromatic N) is 4. The van der Waals surface area contributed by atoms with E-state index in [0.29, 0.717) is 38.4 Å². The summed E-state index contributed by atoms with van der Waals surface area (Å²) in [6.45, 7) is 2.98. The van der Waals surface area contributed by atoms with E-state index in [9.17, 15) is 18.4 Å². The molecule has 1 aromatic heterocycles. The summed E-state index contributed by atoms with van der Waals surface area (Å²) in [5, 5.41) is 8.21. The van der Waals surface area contributed by atoms with Crippen molar-refractivity contribution in [3.63, 3.8) is 0 Å². The molecule has 0 bridgehead atoms. The Morgan fingerprint density at radius 1 is 1.43 bits per heavy atom. The number of rotatable bonds is 5. The van der Waals surface area contributed by atoms with Gasteiger partial charge in [0.05, 0.1) is 0 Å². The first-order chi connectivity index (χ1) is 13.3. The topological polar surface area (TPSA) is 104 Å². The first kappa shape index (κ1) is 20.0. The van der Waals surface area contributed by atoms with Gasteiger partial charge in [-0.1, -0.05) is 0 Å². The number of alkyl halides is 2. The van der Waals surface area contributed by atoms with E-state index in [1.54, 1.807) is 6.92 Å². The van der Waals surface area contributed by atoms with Crippen LogP contribution in [0.1, 0.15) is 39.1 Å². The van der Waals surface area contributed by atoms with E-state index in [4.69, 9.17) is 0 Å². The minimum atomic E-state index is -2.65. The van der Waals surface area contributed by atoms with Crippen LogP contribution < -0.4 is 16.0 Å². The zero-order valence-electron chi connectivity index (χ0n) is 15.9. The lowest BCUT2D eigenvalue weighted by atomic mass is 9.79. The molecule has 2 fully saturated rings. The van der Waals surface area contributed by atoms with Crippen LogP contribution in [-0.2, 0) is 11.3 Å². The number of carbonyl (C=O) groups is 2. The number of imidazole rings is 1. The van der Waals surface area contributed by atoms with Crippen molar-refractivity contribution in [1.82, 2.24) is 30.4 Å². The van der Waals surface area contributed by atoms with Gasteiger partial charge in [-0.15, -0.1) is 0 Å². The van der Waals surface area contributed by atoms with Crippen molar-refractivity contribution < 1.29 is 18.4 Å². The number of guanidine groups is 1. The Hall–Kier alpha value is -2.72. The molecule has 1 atom stereocenters. The molecule has 9 nitrogen and oxygen atoms in total. The van der Waals surface area contributed by atoms with Gasteiger partial charge in [0.2, 0.25) is 0 Å². The maximum absolute atomic E-state index is 13.0. The molecule has 28 heavy (non-hydrogen) atoms. The van der Waals surface area contributed by atoms with Gasteiger partial charge in [0, 0.05) is 32.0 Å². The summed E-state index contributed by atoms with van der Waals surface area (Å²) in [7, 11) is 0. The maximum Gasteiger partial charge on any atom is 0.322 e. The van der Waals surface area contributed by atoms with Gasteiger partial charge in [0.15, 0.2) is 5.96 Å². The molecule has 154 valence electrons. The fraction of sp³-hybridized carbons (Fsp3) is 0.647. The molecule has 1 unspecified atom stereocenters. The summed E-state index contributed by atoms with van der Waals surface area (Å²) in [4.78, 5) is 34.1. The number of nitrogens with one attached hydrogen (secondary N) is 3. The van der Waals surface area contributed by atoms with Gasteiger partial charge >= 0.3 is 12.6 Å². The van der Waals surface area contributed by atoms with Gasteiger partial charge in [-0.2, -0.15) is 8.78 Å². The van der Waals surface area contributed by atoms with E-state index in [-0.39, 0.29) is 24.2 Å². The van der Waals surface area contributed by atoms with Crippen LogP contribution in [0.5, 0.6) is 0 Å². The highest BCUT2D eigenvalue weighted by Gasteiger charge is 2.48. The van der Waals surface area contributed by atoms with Crippen LogP contribution in [0.2, 0.25) is 0 Å². The lowest BCUT2D eigenvalue weighted by Gasteiger charge is -2.39. The van der Waals surface area contributed by atoms with Gasteiger partial charge in [-0.05, 0) is 32.6 Å². The molecule has 2 aliphatic rings. The number of imide groups is 1. The number of amides is 3. The highest BCUT2D eigenvalue weighted by molar-refractivity contribution is 6.07. The Morgan fingerprint density at radius 3 is 2.71 bits per heavy atom. The second-order valence-corrected chi connectivity index (χ2v) is 7.07. The van der Waals surface area contributed by atoms with Gasteiger partial charge in [-0.3, -0.25) is 14.7 Å². The van der Waals surface area contributed by atoms with E-state index >= 15 is 0 Å². The van der Waals surface area contributed by atoms with Crippen molar-refractivity contribution in [2.24, 2.45) is 10.9 Å². The predicted octanol–water partition coefficient (Wildman–Crippen LogP) is 1.05. The molecule has 0 radical (unpaired) electrons. The molecule has 0 aliphatic carbocycles. The molecule has 11 heteroatoms. The first-order valence-corrected chi connectivity index (χ1v) is 9.32. The third-order valence-electron chi connectivity index (χ3n) is 5.35. The number of urea groups is 1. The molecule has 0 spiro atoms. The molecular formula is C17H25F2N7O2. The van der Waals surface area contributed by atoms with Crippen LogP contribution in [0.15, 0.2) is 17.4 Å². The summed E-state index contributed by atoms with van der Waals surface area (Å²) < 4.78 is 26.7. The number of carbonyl (C=O) groups excluding carboxylic acids is 2. The first-order valence-electron chi connectivity index (χ1n) is 9.32. The lowest BCUT2D eigenvalue weighted by molar-refractivity contribution is -0.125. The van der Waals surface area contributed by atoms with Crippen LogP contribution in [0.25, 0.3) is 0 Å². The maximum atomic E-state index is 13.0. The van der Waals surface area contributed by atoms with Crippen molar-refractivity contribution in [2.75, 3.05) is 19.6 Å². The Bertz CT molecular complexity index is 758. The largest absolute Gasteiger partial charge is 0.357 e. The number of hydrogen-bond acceptors (Lipinski definition) is 4. The Labute approximate surface area is 161 Å². The third-order valence-corrected chi connectivity index (χ3v) is 5.35. The molecule has 0 saturated carbocycles. The van der Waals surface area contributed by atoms with Crippen molar-refractivity contribution in [3.05, 3.63) is 18.2 Å². The average Bonchev–Trinajstić information content (AvgIpc) is 3.23. The molecule has 3 N–H and O–H groups in total. The summed E-state index contributed by atoms with van der Waals surface area (Å²) in [5.74, 6) is 0.527. The van der Waals surface area contributed by atoms with Crippen molar-refractivity contribution in [3.8, 4) is 0 Å². The standard InChI is InChI=1S/C17H25F2N7O2/c1-3-20-15(22-10-12-21-6-9-26(12)14(18)19)25-7-4-11(5-8-25)17(2)13(27)23-16(28)24-17/h6,9,11,14H,3-5,7-8,10H2,1-2H3,(H,20,22)(H2,23,24,27,28). The van der Waals surface area contributed by atoms with E-state index in [1.807, 2.05) is 11.8 Å². The average molecular weight is 397 g/mol. The molecule has 1 aromatic rings. The number of halogens is 2. The van der Waals surface area contributed by atoms with Crippen LogP contribution in [0.4, 0.5) is 13.6 Å². The summed E-state index contributed by atoms with van der Waals surface area (Å²) in [6, 6.07) is -0.459. The van der Waals surface area contributed by atoms with E-state index in [0.717, 1.165) is 4.57 Å². The Kier molecular flexibility index (Phi) is 5.80. The number of aliphatic imine (C=N–C) groups is 1. The zero-order valence-corrected chi connectivity index (χ0v) is 15.9. The highest BCUT2D eigenvalue weighted by atomic mass is 19.3. The van der Waals surface area contributed by atoms with Crippen LogP contribution in [0.3, 0.4) is 0 Å². The fourth-order valence-electron chi connectivity index (χ4n) is 3.73. The van der Waals surface area contributed by atoms with Crippen molar-refractivity contribution in [2.45, 2.75) is 45.3 Å². The molecule has 0 aromatic carbocycles. The molecule has 3 heterocycles. The molecule has 2 aliphatic heterocycles. The summed E-state index contributed by atoms with van der Waals surface area (Å²) in [5.41, 5.74) is -0.902. The molecule has 3 rings (SSSR count). The van der Waals surface area contributed by atoms with Gasteiger partial charge in [-0.25, -0.2) is 14.8 Å². The second kappa shape index (κ2) is 8.11. The van der Waals surface area contributed by atoms with Crippen molar-refractivity contribution in [1.29, 1.82) is 0 Å². The lowest BCUT2D eigenvalue weighted by Crippen LogP contribution is -2.55. The van der Waals surface area contributed by atoms with Gasteiger partial charge in [0.1, 0.15) is 17.9 Å². The third kappa shape index (κ3) is 3.92. The molecule has 3 amide bonds. The van der Waals surface area contributed by atoms with E-state index < -0.39 is 18.1 Å². The zero-order chi connectivity index (χ0) is 20.3. The number of aromatic nitrogens is 2. The van der Waals surface area contributed by atoms with E-state index in [1.165, 1.54) is 12.4 Å². The minimum absolute atomic E-state index is 0.0100. The van der Waals surface area contributed by atoms with Crippen LogP contribution in [-0.4, -0.2) is 57.5 Å². The fourth-order valence-corrected chi connectivity index (χ4v) is 3.73. The quantitative estimate of drug-likeness (QED) is 0.392. The highest BCUT2D eigenvalue weighted by Crippen LogP contribution is 2.30. The normalized spacial score (nSPS) is 23.9. The van der Waals surface area contributed by atoms with Crippen LogP contribution >= 0.6 is 0 Å². The SMILES string of the molecule is CCNC(=NCc1nccn1C(F)F)N1CCC(C2(C)NC(=O)NC2=O)CC1. The number of likely N-dealkylation sites (tertiary alicyclic amines) is 1. The number of piperidine rings is 1. The smallest absolute Gasteiger partial charge is 0.322 e. The van der Waals surface area contributed by atoms with E-state index in [2.05, 4.69) is 25.9 Å². The molecule has 2 saturated heterocycles. The summed E-state index contributed by atoms with van der Waals surface area (Å²) >= 11 is 0. The Balaban J connectivity index is 1.65. The monoisotopic (exact) mass is 397 g/mol. The second-order valence-electron chi connectivity index (χ2n) is 7.07. The summed E-state index contributed by atoms with van der Waals surface area (Å²) in [6.07, 6.45) is 3.95.